The van der Waals surface area contributed by atoms with E-state index in [0.717, 1.165) is 45.7 Å². The van der Waals surface area contributed by atoms with Gasteiger partial charge in [0, 0.05) is 39.3 Å². The Labute approximate surface area is 121 Å². The number of benzene rings is 1. The number of rotatable bonds is 5. The first-order chi connectivity index (χ1) is 9.17. The first-order valence-corrected chi connectivity index (χ1v) is 7.39. The zero-order valence-corrected chi connectivity index (χ0v) is 12.5. The van der Waals surface area contributed by atoms with Crippen LogP contribution < -0.4 is 5.73 Å². The second-order valence-corrected chi connectivity index (χ2v) is 5.71. The summed E-state index contributed by atoms with van der Waals surface area (Å²) in [7, 11) is 0. The normalized spacial score (nSPS) is 17.5. The molecule has 0 unspecified atom stereocenters. The molecule has 1 aromatic carbocycles. The fourth-order valence-corrected chi connectivity index (χ4v) is 2.65. The maximum atomic E-state index is 5.58. The topological polar surface area (TPSA) is 32.5 Å². The Morgan fingerprint density at radius 2 is 1.58 bits per heavy atom. The fourth-order valence-electron chi connectivity index (χ4n) is 2.46. The van der Waals surface area contributed by atoms with Gasteiger partial charge in [0.25, 0.3) is 0 Å². The molecule has 4 heteroatoms. The number of hydrogen-bond acceptors (Lipinski definition) is 3. The SMILES string of the molecule is CCc1ccc(CN2CCN(CC(N)=S)CC2)cc1. The number of thiocarbonyl (C=S) groups is 1. The Morgan fingerprint density at radius 1 is 1.05 bits per heavy atom. The molecule has 3 nitrogen and oxygen atoms in total. The zero-order valence-electron chi connectivity index (χ0n) is 11.6. The van der Waals surface area contributed by atoms with Crippen LogP contribution in [0, 0.1) is 0 Å². The van der Waals surface area contributed by atoms with Crippen molar-refractivity contribution < 1.29 is 0 Å². The molecular weight excluding hydrogens is 254 g/mol. The van der Waals surface area contributed by atoms with Crippen molar-refractivity contribution in [1.29, 1.82) is 0 Å². The molecule has 0 spiro atoms. The molecule has 0 amide bonds. The molecular formula is C15H23N3S. The van der Waals surface area contributed by atoms with E-state index < -0.39 is 0 Å². The molecule has 0 aliphatic carbocycles. The van der Waals surface area contributed by atoms with Crippen LogP contribution >= 0.6 is 12.2 Å². The molecule has 0 bridgehead atoms. The molecule has 1 aliphatic heterocycles. The molecule has 1 saturated heterocycles. The molecule has 1 fully saturated rings. The second-order valence-electron chi connectivity index (χ2n) is 5.19. The number of piperazine rings is 1. The van der Waals surface area contributed by atoms with E-state index in [-0.39, 0.29) is 0 Å². The van der Waals surface area contributed by atoms with Crippen molar-refractivity contribution >= 4 is 17.2 Å². The number of nitrogens with zero attached hydrogens (tertiary/aromatic N) is 2. The molecule has 1 heterocycles. The predicted octanol–water partition coefficient (Wildman–Crippen LogP) is 1.65. The average Bonchev–Trinajstić information content (AvgIpc) is 2.41. The van der Waals surface area contributed by atoms with Gasteiger partial charge in [0.1, 0.15) is 0 Å². The summed E-state index contributed by atoms with van der Waals surface area (Å²) in [5.74, 6) is 0. The van der Waals surface area contributed by atoms with E-state index in [1.54, 1.807) is 0 Å². The highest BCUT2D eigenvalue weighted by Gasteiger charge is 2.16. The van der Waals surface area contributed by atoms with Crippen molar-refractivity contribution in [2.45, 2.75) is 19.9 Å². The minimum Gasteiger partial charge on any atom is -0.392 e. The summed E-state index contributed by atoms with van der Waals surface area (Å²) in [4.78, 5) is 5.43. The van der Waals surface area contributed by atoms with E-state index in [4.69, 9.17) is 18.0 Å². The van der Waals surface area contributed by atoms with E-state index in [2.05, 4.69) is 41.0 Å². The second kappa shape index (κ2) is 6.98. The van der Waals surface area contributed by atoms with Gasteiger partial charge < -0.3 is 5.73 Å². The molecule has 2 N–H and O–H groups in total. The fraction of sp³-hybridized carbons (Fsp3) is 0.533. The van der Waals surface area contributed by atoms with Crippen LogP contribution in [0.4, 0.5) is 0 Å². The third-order valence-electron chi connectivity index (χ3n) is 3.68. The molecule has 1 aliphatic rings. The van der Waals surface area contributed by atoms with Crippen molar-refractivity contribution in [2.75, 3.05) is 32.7 Å². The molecule has 104 valence electrons. The Kier molecular flexibility index (Phi) is 5.31. The largest absolute Gasteiger partial charge is 0.392 e. The van der Waals surface area contributed by atoms with Crippen LogP contribution in [-0.2, 0) is 13.0 Å². The predicted molar refractivity (Wildman–Crippen MR) is 84.3 cm³/mol. The van der Waals surface area contributed by atoms with E-state index in [9.17, 15) is 0 Å². The molecule has 1 aromatic rings. The maximum absolute atomic E-state index is 5.58. The minimum atomic E-state index is 0.601. The molecule has 0 radical (unpaired) electrons. The van der Waals surface area contributed by atoms with Gasteiger partial charge in [-0.2, -0.15) is 0 Å². The maximum Gasteiger partial charge on any atom is 0.0870 e. The van der Waals surface area contributed by atoms with E-state index in [0.29, 0.717) is 4.99 Å². The van der Waals surface area contributed by atoms with Gasteiger partial charge in [-0.15, -0.1) is 0 Å². The molecule has 19 heavy (non-hydrogen) atoms. The van der Waals surface area contributed by atoms with Gasteiger partial charge in [-0.3, -0.25) is 9.80 Å². The Morgan fingerprint density at radius 3 is 2.11 bits per heavy atom. The van der Waals surface area contributed by atoms with Crippen molar-refractivity contribution in [3.05, 3.63) is 35.4 Å². The Hall–Kier alpha value is -0.970. The third kappa shape index (κ3) is 4.56. The van der Waals surface area contributed by atoms with Gasteiger partial charge in [-0.25, -0.2) is 0 Å². The van der Waals surface area contributed by atoms with E-state index >= 15 is 0 Å². The van der Waals surface area contributed by atoms with Crippen molar-refractivity contribution in [2.24, 2.45) is 5.73 Å². The highest BCUT2D eigenvalue weighted by Crippen LogP contribution is 2.10. The highest BCUT2D eigenvalue weighted by atomic mass is 32.1. The molecule has 0 saturated carbocycles. The minimum absolute atomic E-state index is 0.601. The highest BCUT2D eigenvalue weighted by molar-refractivity contribution is 7.80. The van der Waals surface area contributed by atoms with Gasteiger partial charge in [-0.05, 0) is 17.5 Å². The van der Waals surface area contributed by atoms with Gasteiger partial charge in [0.2, 0.25) is 0 Å². The summed E-state index contributed by atoms with van der Waals surface area (Å²) in [6, 6.07) is 8.97. The zero-order chi connectivity index (χ0) is 13.7. The lowest BCUT2D eigenvalue weighted by atomic mass is 10.1. The van der Waals surface area contributed by atoms with Crippen molar-refractivity contribution in [3.8, 4) is 0 Å². The van der Waals surface area contributed by atoms with Crippen molar-refractivity contribution in [1.82, 2.24) is 9.80 Å². The van der Waals surface area contributed by atoms with Crippen LogP contribution in [0.15, 0.2) is 24.3 Å². The van der Waals surface area contributed by atoms with E-state index in [1.807, 2.05) is 0 Å². The van der Waals surface area contributed by atoms with Gasteiger partial charge in [0.15, 0.2) is 0 Å². The summed E-state index contributed by atoms with van der Waals surface area (Å²) in [6.07, 6.45) is 1.11. The lowest BCUT2D eigenvalue weighted by molar-refractivity contribution is 0.140. The molecule has 2 rings (SSSR count). The number of nitrogens with two attached hydrogens (primary N) is 1. The average molecular weight is 277 g/mol. The quantitative estimate of drug-likeness (QED) is 0.830. The summed E-state index contributed by atoms with van der Waals surface area (Å²) >= 11 is 4.96. The summed E-state index contributed by atoms with van der Waals surface area (Å²) < 4.78 is 0. The van der Waals surface area contributed by atoms with Crippen LogP contribution in [-0.4, -0.2) is 47.5 Å². The lowest BCUT2D eigenvalue weighted by Gasteiger charge is -2.34. The summed E-state index contributed by atoms with van der Waals surface area (Å²) in [5.41, 5.74) is 8.40. The van der Waals surface area contributed by atoms with E-state index in [1.165, 1.54) is 11.1 Å². The standard InChI is InChI=1S/C15H23N3S/c1-2-13-3-5-14(6-4-13)11-17-7-9-18(10-8-17)12-15(16)19/h3-6H,2,7-12H2,1H3,(H2,16,19). The number of hydrogen-bond donors (Lipinski definition) is 1. The Bertz CT molecular complexity index is 408. The van der Waals surface area contributed by atoms with Crippen LogP contribution in [0.25, 0.3) is 0 Å². The van der Waals surface area contributed by atoms with Gasteiger partial charge in [0.05, 0.1) is 4.99 Å². The Balaban J connectivity index is 1.80. The van der Waals surface area contributed by atoms with Crippen LogP contribution in [0.2, 0.25) is 0 Å². The van der Waals surface area contributed by atoms with Gasteiger partial charge >= 0.3 is 0 Å². The number of aryl methyl sites for hydroxylation is 1. The monoisotopic (exact) mass is 277 g/mol. The molecule has 0 aromatic heterocycles. The summed E-state index contributed by atoms with van der Waals surface area (Å²) in [6.45, 7) is 8.31. The van der Waals surface area contributed by atoms with Crippen LogP contribution in [0.3, 0.4) is 0 Å². The van der Waals surface area contributed by atoms with Gasteiger partial charge in [-0.1, -0.05) is 43.4 Å². The molecule has 0 atom stereocenters. The van der Waals surface area contributed by atoms with Crippen LogP contribution in [0.1, 0.15) is 18.1 Å². The first-order valence-electron chi connectivity index (χ1n) is 6.98. The third-order valence-corrected chi connectivity index (χ3v) is 3.81. The lowest BCUT2D eigenvalue weighted by Crippen LogP contribution is -2.48. The smallest absolute Gasteiger partial charge is 0.0870 e. The first kappa shape index (κ1) is 14.4. The van der Waals surface area contributed by atoms with Crippen molar-refractivity contribution in [3.63, 3.8) is 0 Å². The van der Waals surface area contributed by atoms with Crippen LogP contribution in [0.5, 0.6) is 0 Å². The summed E-state index contributed by atoms with van der Waals surface area (Å²) in [5, 5.41) is 0.